The Balaban J connectivity index is 2.42. The molecule has 0 aromatic rings. The lowest BCUT2D eigenvalue weighted by Gasteiger charge is -2.36. The van der Waals surface area contributed by atoms with Crippen molar-refractivity contribution >= 4 is 5.91 Å². The number of carbonyl (C=O) groups is 1. The SMILES string of the molecule is CCCC(C)NC(=O)C(C)N1CCCC(CN)C1. The number of hydrogen-bond donors (Lipinski definition) is 2. The Bertz CT molecular complexity index is 257. The van der Waals surface area contributed by atoms with Crippen molar-refractivity contribution in [1.29, 1.82) is 0 Å². The minimum atomic E-state index is -0.0290. The monoisotopic (exact) mass is 255 g/mol. The predicted molar refractivity (Wildman–Crippen MR) is 75.3 cm³/mol. The summed E-state index contributed by atoms with van der Waals surface area (Å²) in [5.41, 5.74) is 5.73. The lowest BCUT2D eigenvalue weighted by Crippen LogP contribution is -2.51. The number of rotatable bonds is 6. The van der Waals surface area contributed by atoms with Crippen LogP contribution in [0.4, 0.5) is 0 Å². The van der Waals surface area contributed by atoms with Gasteiger partial charge in [0.1, 0.15) is 0 Å². The third-order valence-electron chi connectivity index (χ3n) is 3.92. The number of hydrogen-bond acceptors (Lipinski definition) is 3. The summed E-state index contributed by atoms with van der Waals surface area (Å²) in [6, 6.07) is 0.249. The molecule has 0 aromatic heterocycles. The van der Waals surface area contributed by atoms with Gasteiger partial charge in [-0.2, -0.15) is 0 Å². The van der Waals surface area contributed by atoms with Crippen LogP contribution in [-0.2, 0) is 4.79 Å². The van der Waals surface area contributed by atoms with Gasteiger partial charge in [-0.1, -0.05) is 13.3 Å². The first-order chi connectivity index (χ1) is 8.58. The maximum atomic E-state index is 12.1. The molecule has 0 spiro atoms. The Morgan fingerprint density at radius 1 is 1.50 bits per heavy atom. The number of likely N-dealkylation sites (tertiary alicyclic amines) is 1. The van der Waals surface area contributed by atoms with Gasteiger partial charge in [0.2, 0.25) is 5.91 Å². The van der Waals surface area contributed by atoms with Crippen molar-refractivity contribution in [2.24, 2.45) is 11.7 Å². The number of nitrogens with two attached hydrogens (primary N) is 1. The van der Waals surface area contributed by atoms with Crippen LogP contribution >= 0.6 is 0 Å². The van der Waals surface area contributed by atoms with Gasteiger partial charge in [0, 0.05) is 12.6 Å². The molecule has 1 heterocycles. The van der Waals surface area contributed by atoms with Crippen molar-refractivity contribution in [2.75, 3.05) is 19.6 Å². The van der Waals surface area contributed by atoms with Gasteiger partial charge in [0.15, 0.2) is 0 Å². The van der Waals surface area contributed by atoms with Crippen molar-refractivity contribution < 1.29 is 4.79 Å². The highest BCUT2D eigenvalue weighted by atomic mass is 16.2. The van der Waals surface area contributed by atoms with Gasteiger partial charge in [-0.25, -0.2) is 0 Å². The smallest absolute Gasteiger partial charge is 0.237 e. The lowest BCUT2D eigenvalue weighted by atomic mass is 9.97. The zero-order valence-electron chi connectivity index (χ0n) is 12.1. The topological polar surface area (TPSA) is 58.4 Å². The van der Waals surface area contributed by atoms with Crippen molar-refractivity contribution in [3.8, 4) is 0 Å². The van der Waals surface area contributed by atoms with Crippen molar-refractivity contribution in [3.63, 3.8) is 0 Å². The van der Waals surface area contributed by atoms with Crippen LogP contribution < -0.4 is 11.1 Å². The molecular formula is C14H29N3O. The van der Waals surface area contributed by atoms with Crippen molar-refractivity contribution in [2.45, 2.75) is 58.5 Å². The Hall–Kier alpha value is -0.610. The van der Waals surface area contributed by atoms with Crippen LogP contribution in [0.1, 0.15) is 46.5 Å². The molecule has 1 amide bonds. The molecule has 0 aliphatic carbocycles. The van der Waals surface area contributed by atoms with Crippen LogP contribution in [-0.4, -0.2) is 42.5 Å². The molecule has 18 heavy (non-hydrogen) atoms. The second kappa shape index (κ2) is 7.74. The Morgan fingerprint density at radius 3 is 2.83 bits per heavy atom. The molecule has 1 saturated heterocycles. The maximum absolute atomic E-state index is 12.1. The van der Waals surface area contributed by atoms with Gasteiger partial charge in [0.25, 0.3) is 0 Å². The molecule has 106 valence electrons. The van der Waals surface area contributed by atoms with E-state index in [0.717, 1.165) is 38.9 Å². The van der Waals surface area contributed by atoms with Gasteiger partial charge in [0.05, 0.1) is 6.04 Å². The Kier molecular flexibility index (Phi) is 6.65. The zero-order valence-corrected chi connectivity index (χ0v) is 12.1. The van der Waals surface area contributed by atoms with Gasteiger partial charge in [-0.3, -0.25) is 9.69 Å². The van der Waals surface area contributed by atoms with E-state index < -0.39 is 0 Å². The molecule has 0 aromatic carbocycles. The van der Waals surface area contributed by atoms with E-state index in [0.29, 0.717) is 5.92 Å². The minimum Gasteiger partial charge on any atom is -0.352 e. The van der Waals surface area contributed by atoms with E-state index in [1.165, 1.54) is 6.42 Å². The average molecular weight is 255 g/mol. The Labute approximate surface area is 111 Å². The van der Waals surface area contributed by atoms with Gasteiger partial charge >= 0.3 is 0 Å². The molecule has 0 saturated carbocycles. The van der Waals surface area contributed by atoms with Crippen molar-refractivity contribution in [1.82, 2.24) is 10.2 Å². The summed E-state index contributed by atoms with van der Waals surface area (Å²) in [6.07, 6.45) is 4.51. The van der Waals surface area contributed by atoms with E-state index in [2.05, 4.69) is 24.1 Å². The highest BCUT2D eigenvalue weighted by Crippen LogP contribution is 2.17. The van der Waals surface area contributed by atoms with Gasteiger partial charge in [-0.15, -0.1) is 0 Å². The van der Waals surface area contributed by atoms with Crippen LogP contribution in [0.2, 0.25) is 0 Å². The first-order valence-corrected chi connectivity index (χ1v) is 7.33. The summed E-state index contributed by atoms with van der Waals surface area (Å²) in [5, 5.41) is 3.10. The van der Waals surface area contributed by atoms with E-state index in [9.17, 15) is 4.79 Å². The molecule has 1 aliphatic rings. The summed E-state index contributed by atoms with van der Waals surface area (Å²) in [6.45, 7) is 8.94. The Morgan fingerprint density at radius 2 is 2.22 bits per heavy atom. The fraction of sp³-hybridized carbons (Fsp3) is 0.929. The van der Waals surface area contributed by atoms with Gasteiger partial charge < -0.3 is 11.1 Å². The summed E-state index contributed by atoms with van der Waals surface area (Å²) >= 11 is 0. The number of piperidine rings is 1. The minimum absolute atomic E-state index is 0.0290. The standard InChI is InChI=1S/C14H29N3O/c1-4-6-11(2)16-14(18)12(3)17-8-5-7-13(9-15)10-17/h11-13H,4-10,15H2,1-3H3,(H,16,18). The van der Waals surface area contributed by atoms with Crippen molar-refractivity contribution in [3.05, 3.63) is 0 Å². The quantitative estimate of drug-likeness (QED) is 0.753. The van der Waals surface area contributed by atoms with Crippen LogP contribution in [0.25, 0.3) is 0 Å². The molecule has 3 unspecified atom stereocenters. The molecule has 4 heteroatoms. The summed E-state index contributed by atoms with van der Waals surface area (Å²) in [7, 11) is 0. The molecule has 4 nitrogen and oxygen atoms in total. The van der Waals surface area contributed by atoms with E-state index in [4.69, 9.17) is 5.73 Å². The predicted octanol–water partition coefficient (Wildman–Crippen LogP) is 1.35. The van der Waals surface area contributed by atoms with E-state index in [1.54, 1.807) is 0 Å². The van der Waals surface area contributed by atoms with Crippen LogP contribution in [0, 0.1) is 5.92 Å². The zero-order chi connectivity index (χ0) is 13.5. The van der Waals surface area contributed by atoms with E-state index >= 15 is 0 Å². The fourth-order valence-corrected chi connectivity index (χ4v) is 2.68. The molecular weight excluding hydrogens is 226 g/mol. The largest absolute Gasteiger partial charge is 0.352 e. The summed E-state index contributed by atoms with van der Waals surface area (Å²) in [4.78, 5) is 14.4. The van der Waals surface area contributed by atoms with Crippen LogP contribution in [0.5, 0.6) is 0 Å². The average Bonchev–Trinajstić information content (AvgIpc) is 2.38. The summed E-state index contributed by atoms with van der Waals surface area (Å²) < 4.78 is 0. The number of nitrogens with one attached hydrogen (secondary N) is 1. The fourth-order valence-electron chi connectivity index (χ4n) is 2.68. The molecule has 0 bridgehead atoms. The molecule has 0 radical (unpaired) electrons. The highest BCUT2D eigenvalue weighted by Gasteiger charge is 2.27. The number of amides is 1. The van der Waals surface area contributed by atoms with E-state index in [-0.39, 0.29) is 18.0 Å². The number of carbonyl (C=O) groups excluding carboxylic acids is 1. The lowest BCUT2D eigenvalue weighted by molar-refractivity contribution is -0.127. The van der Waals surface area contributed by atoms with Gasteiger partial charge in [-0.05, 0) is 52.1 Å². The third kappa shape index (κ3) is 4.58. The number of nitrogens with zero attached hydrogens (tertiary/aromatic N) is 1. The molecule has 3 N–H and O–H groups in total. The molecule has 3 atom stereocenters. The molecule has 1 fully saturated rings. The van der Waals surface area contributed by atoms with E-state index in [1.807, 2.05) is 6.92 Å². The maximum Gasteiger partial charge on any atom is 0.237 e. The highest BCUT2D eigenvalue weighted by molar-refractivity contribution is 5.81. The normalized spacial score (nSPS) is 24.6. The second-order valence-electron chi connectivity index (χ2n) is 5.61. The first-order valence-electron chi connectivity index (χ1n) is 7.33. The third-order valence-corrected chi connectivity index (χ3v) is 3.92. The molecule has 1 rings (SSSR count). The van der Waals surface area contributed by atoms with Crippen LogP contribution in [0.15, 0.2) is 0 Å². The second-order valence-corrected chi connectivity index (χ2v) is 5.61. The van der Waals surface area contributed by atoms with Crippen LogP contribution in [0.3, 0.4) is 0 Å². The first kappa shape index (κ1) is 15.4. The molecule has 1 aliphatic heterocycles. The summed E-state index contributed by atoms with van der Waals surface area (Å²) in [5.74, 6) is 0.718.